The van der Waals surface area contributed by atoms with Crippen LogP contribution in [-0.2, 0) is 11.3 Å². The third-order valence-electron chi connectivity index (χ3n) is 2.78. The van der Waals surface area contributed by atoms with Crippen molar-refractivity contribution in [2.45, 2.75) is 6.61 Å². The summed E-state index contributed by atoms with van der Waals surface area (Å²) < 4.78 is 10.7. The molecule has 1 N–H and O–H groups in total. The maximum Gasteiger partial charge on any atom is 0.118 e. The summed E-state index contributed by atoms with van der Waals surface area (Å²) in [5.74, 6) is 0.870. The molecule has 0 radical (unpaired) electrons. The fourth-order valence-corrected chi connectivity index (χ4v) is 1.74. The molecule has 0 fully saturated rings. The standard InChI is InChI=1S/C16H19NO2/c1-18-16-9-7-14(8-10-16)13-19-12-11-17-15-5-3-2-4-6-15/h2-10,17H,11-13H2,1H3. The summed E-state index contributed by atoms with van der Waals surface area (Å²) in [6.45, 7) is 2.11. The summed E-state index contributed by atoms with van der Waals surface area (Å²) in [6.07, 6.45) is 0. The van der Waals surface area contributed by atoms with E-state index in [4.69, 9.17) is 9.47 Å². The van der Waals surface area contributed by atoms with Crippen LogP contribution in [-0.4, -0.2) is 20.3 Å². The highest BCUT2D eigenvalue weighted by Crippen LogP contribution is 2.11. The summed E-state index contributed by atoms with van der Waals surface area (Å²) in [6, 6.07) is 18.0. The number of ether oxygens (including phenoxy) is 2. The molecule has 0 aliphatic carbocycles. The Kier molecular flexibility index (Phi) is 5.26. The zero-order chi connectivity index (χ0) is 13.3. The molecule has 0 saturated carbocycles. The number of nitrogens with one attached hydrogen (secondary N) is 1. The smallest absolute Gasteiger partial charge is 0.118 e. The first kappa shape index (κ1) is 13.4. The van der Waals surface area contributed by atoms with Gasteiger partial charge in [0.15, 0.2) is 0 Å². The molecule has 2 aromatic rings. The van der Waals surface area contributed by atoms with Gasteiger partial charge in [-0.05, 0) is 29.8 Å². The second kappa shape index (κ2) is 7.44. The van der Waals surface area contributed by atoms with Crippen molar-refractivity contribution in [3.63, 3.8) is 0 Å². The number of rotatable bonds is 7. The van der Waals surface area contributed by atoms with Gasteiger partial charge in [0.1, 0.15) is 5.75 Å². The first-order chi connectivity index (χ1) is 9.38. The second-order valence-corrected chi connectivity index (χ2v) is 4.19. The number of anilines is 1. The van der Waals surface area contributed by atoms with E-state index in [0.29, 0.717) is 13.2 Å². The molecular formula is C16H19NO2. The van der Waals surface area contributed by atoms with E-state index >= 15 is 0 Å². The predicted octanol–water partition coefficient (Wildman–Crippen LogP) is 3.32. The van der Waals surface area contributed by atoms with Gasteiger partial charge in [-0.15, -0.1) is 0 Å². The Morgan fingerprint density at radius 1 is 0.947 bits per heavy atom. The number of para-hydroxylation sites is 1. The lowest BCUT2D eigenvalue weighted by atomic mass is 10.2. The van der Waals surface area contributed by atoms with Gasteiger partial charge in [0.25, 0.3) is 0 Å². The van der Waals surface area contributed by atoms with Crippen molar-refractivity contribution in [3.05, 3.63) is 60.2 Å². The molecule has 0 bridgehead atoms. The van der Waals surface area contributed by atoms with Gasteiger partial charge in [-0.2, -0.15) is 0 Å². The van der Waals surface area contributed by atoms with Crippen LogP contribution < -0.4 is 10.1 Å². The summed E-state index contributed by atoms with van der Waals surface area (Å²) in [5.41, 5.74) is 2.27. The highest BCUT2D eigenvalue weighted by molar-refractivity contribution is 5.42. The van der Waals surface area contributed by atoms with Gasteiger partial charge in [-0.3, -0.25) is 0 Å². The average molecular weight is 257 g/mol. The fraction of sp³-hybridized carbons (Fsp3) is 0.250. The number of hydrogen-bond acceptors (Lipinski definition) is 3. The zero-order valence-corrected chi connectivity index (χ0v) is 11.1. The third kappa shape index (κ3) is 4.64. The Morgan fingerprint density at radius 3 is 2.37 bits per heavy atom. The molecule has 0 atom stereocenters. The molecule has 2 rings (SSSR count). The minimum atomic E-state index is 0.625. The maximum absolute atomic E-state index is 5.61. The van der Waals surface area contributed by atoms with Gasteiger partial charge in [-0.25, -0.2) is 0 Å². The van der Waals surface area contributed by atoms with Crippen molar-refractivity contribution in [2.75, 3.05) is 25.6 Å². The van der Waals surface area contributed by atoms with Crippen molar-refractivity contribution < 1.29 is 9.47 Å². The predicted molar refractivity (Wildman–Crippen MR) is 77.6 cm³/mol. The van der Waals surface area contributed by atoms with Gasteiger partial charge < -0.3 is 14.8 Å². The van der Waals surface area contributed by atoms with Gasteiger partial charge in [0.05, 0.1) is 20.3 Å². The van der Waals surface area contributed by atoms with E-state index in [1.165, 1.54) is 0 Å². The summed E-state index contributed by atoms with van der Waals surface area (Å²) in [4.78, 5) is 0. The first-order valence-electron chi connectivity index (χ1n) is 6.38. The van der Waals surface area contributed by atoms with Crippen LogP contribution in [0, 0.1) is 0 Å². The maximum atomic E-state index is 5.61. The van der Waals surface area contributed by atoms with E-state index in [1.54, 1.807) is 7.11 Å². The lowest BCUT2D eigenvalue weighted by molar-refractivity contribution is 0.130. The van der Waals surface area contributed by atoms with Crippen LogP contribution in [0.4, 0.5) is 5.69 Å². The lowest BCUT2D eigenvalue weighted by Gasteiger charge is -2.07. The largest absolute Gasteiger partial charge is 0.497 e. The quantitative estimate of drug-likeness (QED) is 0.772. The average Bonchev–Trinajstić information content (AvgIpc) is 2.49. The molecule has 0 amide bonds. The number of benzene rings is 2. The van der Waals surface area contributed by atoms with Crippen LogP contribution in [0.5, 0.6) is 5.75 Å². The van der Waals surface area contributed by atoms with Crippen molar-refractivity contribution in [1.29, 1.82) is 0 Å². The normalized spacial score (nSPS) is 10.2. The van der Waals surface area contributed by atoms with Crippen molar-refractivity contribution in [1.82, 2.24) is 0 Å². The van der Waals surface area contributed by atoms with E-state index in [1.807, 2.05) is 54.6 Å². The third-order valence-corrected chi connectivity index (χ3v) is 2.78. The Hall–Kier alpha value is -2.00. The van der Waals surface area contributed by atoms with Crippen LogP contribution in [0.15, 0.2) is 54.6 Å². The molecule has 0 aliphatic heterocycles. The van der Waals surface area contributed by atoms with E-state index < -0.39 is 0 Å². The monoisotopic (exact) mass is 257 g/mol. The van der Waals surface area contributed by atoms with E-state index in [-0.39, 0.29) is 0 Å². The van der Waals surface area contributed by atoms with Gasteiger partial charge in [0, 0.05) is 12.2 Å². The Balaban J connectivity index is 1.63. The molecule has 0 saturated heterocycles. The molecule has 2 aromatic carbocycles. The summed E-state index contributed by atoms with van der Waals surface area (Å²) in [7, 11) is 1.67. The van der Waals surface area contributed by atoms with Gasteiger partial charge in [-0.1, -0.05) is 30.3 Å². The molecule has 0 aliphatic rings. The minimum absolute atomic E-state index is 0.625. The van der Waals surface area contributed by atoms with E-state index in [2.05, 4.69) is 5.32 Å². The fourth-order valence-electron chi connectivity index (χ4n) is 1.74. The van der Waals surface area contributed by atoms with Gasteiger partial charge in [0.2, 0.25) is 0 Å². The van der Waals surface area contributed by atoms with Crippen molar-refractivity contribution >= 4 is 5.69 Å². The Bertz CT molecular complexity index is 468. The minimum Gasteiger partial charge on any atom is -0.497 e. The topological polar surface area (TPSA) is 30.5 Å². The van der Waals surface area contributed by atoms with Crippen LogP contribution in [0.1, 0.15) is 5.56 Å². The SMILES string of the molecule is COc1ccc(COCCNc2ccccc2)cc1. The zero-order valence-electron chi connectivity index (χ0n) is 11.1. The molecule has 19 heavy (non-hydrogen) atoms. The molecule has 100 valence electrons. The van der Waals surface area contributed by atoms with Crippen LogP contribution in [0.3, 0.4) is 0 Å². The second-order valence-electron chi connectivity index (χ2n) is 4.19. The molecular weight excluding hydrogens is 238 g/mol. The Morgan fingerprint density at radius 2 is 1.68 bits per heavy atom. The number of methoxy groups -OCH3 is 1. The lowest BCUT2D eigenvalue weighted by Crippen LogP contribution is -2.09. The first-order valence-corrected chi connectivity index (χ1v) is 6.38. The van der Waals surface area contributed by atoms with Crippen LogP contribution in [0.25, 0.3) is 0 Å². The van der Waals surface area contributed by atoms with Gasteiger partial charge >= 0.3 is 0 Å². The van der Waals surface area contributed by atoms with Crippen LogP contribution in [0.2, 0.25) is 0 Å². The summed E-state index contributed by atoms with van der Waals surface area (Å²) in [5, 5.41) is 3.30. The molecule has 0 spiro atoms. The Labute approximate surface area is 114 Å². The molecule has 0 aromatic heterocycles. The van der Waals surface area contributed by atoms with Crippen molar-refractivity contribution in [3.8, 4) is 5.75 Å². The van der Waals surface area contributed by atoms with E-state index in [9.17, 15) is 0 Å². The van der Waals surface area contributed by atoms with Crippen molar-refractivity contribution in [2.24, 2.45) is 0 Å². The highest BCUT2D eigenvalue weighted by atomic mass is 16.5. The van der Waals surface area contributed by atoms with Crippen LogP contribution >= 0.6 is 0 Å². The molecule has 3 nitrogen and oxygen atoms in total. The highest BCUT2D eigenvalue weighted by Gasteiger charge is 1.95. The molecule has 3 heteroatoms. The molecule has 0 heterocycles. The molecule has 0 unspecified atom stereocenters. The van der Waals surface area contributed by atoms with E-state index in [0.717, 1.165) is 23.5 Å². The summed E-state index contributed by atoms with van der Waals surface area (Å²) >= 11 is 0. The number of hydrogen-bond donors (Lipinski definition) is 1.